The zero-order chi connectivity index (χ0) is 10.7. The maximum Gasteiger partial charge on any atom is 0.141 e. The fraction of sp³-hybridized carbons (Fsp3) is 0.583. The molecule has 2 unspecified atom stereocenters. The second-order valence-electron chi connectivity index (χ2n) is 4.19. The third-order valence-corrected chi connectivity index (χ3v) is 3.23. The standard InChI is InChI=1S/C12H17FN2/c1-2-14-6-9-3-4-12(9)10-5-11(13)8-15-7-10/h5,7-9,12,14H,2-4,6H2,1H3. The summed E-state index contributed by atoms with van der Waals surface area (Å²) < 4.78 is 13.0. The minimum absolute atomic E-state index is 0.221. The van der Waals surface area contributed by atoms with E-state index in [1.54, 1.807) is 12.3 Å². The third kappa shape index (κ3) is 2.34. The predicted molar refractivity (Wildman–Crippen MR) is 58.2 cm³/mol. The van der Waals surface area contributed by atoms with E-state index < -0.39 is 0 Å². The summed E-state index contributed by atoms with van der Waals surface area (Å²) in [6.45, 7) is 4.15. The van der Waals surface area contributed by atoms with Gasteiger partial charge in [0, 0.05) is 6.20 Å². The maximum atomic E-state index is 13.0. The number of aromatic nitrogens is 1. The van der Waals surface area contributed by atoms with Crippen molar-refractivity contribution in [3.63, 3.8) is 0 Å². The molecule has 2 rings (SSSR count). The first-order valence-corrected chi connectivity index (χ1v) is 5.62. The highest BCUT2D eigenvalue weighted by molar-refractivity contribution is 5.19. The Bertz CT molecular complexity index is 327. The van der Waals surface area contributed by atoms with Gasteiger partial charge in [0.25, 0.3) is 0 Å². The number of halogens is 1. The van der Waals surface area contributed by atoms with Crippen LogP contribution < -0.4 is 5.32 Å². The Balaban J connectivity index is 1.99. The van der Waals surface area contributed by atoms with Gasteiger partial charge in [-0.3, -0.25) is 4.98 Å². The molecule has 1 aliphatic carbocycles. The van der Waals surface area contributed by atoms with Gasteiger partial charge in [0.1, 0.15) is 5.82 Å². The molecule has 0 radical (unpaired) electrons. The summed E-state index contributed by atoms with van der Waals surface area (Å²) in [5.41, 5.74) is 1.06. The SMILES string of the molecule is CCNCC1CCC1c1cncc(F)c1. The minimum atomic E-state index is -0.221. The Kier molecular flexibility index (Phi) is 3.31. The lowest BCUT2D eigenvalue weighted by Crippen LogP contribution is -2.33. The van der Waals surface area contributed by atoms with Crippen LogP contribution in [0.25, 0.3) is 0 Å². The number of nitrogens with zero attached hydrogens (tertiary/aromatic N) is 1. The lowest BCUT2D eigenvalue weighted by Gasteiger charge is -2.37. The van der Waals surface area contributed by atoms with Crippen LogP contribution in [0.15, 0.2) is 18.5 Å². The van der Waals surface area contributed by atoms with Crippen LogP contribution in [-0.4, -0.2) is 18.1 Å². The zero-order valence-electron chi connectivity index (χ0n) is 9.04. The van der Waals surface area contributed by atoms with Crippen molar-refractivity contribution >= 4 is 0 Å². The molecule has 0 amide bonds. The van der Waals surface area contributed by atoms with Crippen LogP contribution >= 0.6 is 0 Å². The minimum Gasteiger partial charge on any atom is -0.317 e. The highest BCUT2D eigenvalue weighted by atomic mass is 19.1. The molecule has 1 aromatic heterocycles. The van der Waals surface area contributed by atoms with Gasteiger partial charge in [0.05, 0.1) is 6.20 Å². The van der Waals surface area contributed by atoms with Crippen molar-refractivity contribution < 1.29 is 4.39 Å². The number of hydrogen-bond acceptors (Lipinski definition) is 2. The zero-order valence-corrected chi connectivity index (χ0v) is 9.04. The van der Waals surface area contributed by atoms with E-state index in [0.717, 1.165) is 18.7 Å². The van der Waals surface area contributed by atoms with Gasteiger partial charge in [-0.15, -0.1) is 0 Å². The van der Waals surface area contributed by atoms with Crippen LogP contribution in [-0.2, 0) is 0 Å². The average Bonchev–Trinajstić information content (AvgIpc) is 2.17. The van der Waals surface area contributed by atoms with Crippen molar-refractivity contribution in [1.29, 1.82) is 0 Å². The number of pyridine rings is 1. The van der Waals surface area contributed by atoms with Gasteiger partial charge in [-0.05, 0) is 49.4 Å². The second kappa shape index (κ2) is 4.71. The first-order valence-electron chi connectivity index (χ1n) is 5.62. The molecule has 2 atom stereocenters. The quantitative estimate of drug-likeness (QED) is 0.821. The highest BCUT2D eigenvalue weighted by Gasteiger charge is 2.31. The average molecular weight is 208 g/mol. The van der Waals surface area contributed by atoms with Crippen molar-refractivity contribution in [3.8, 4) is 0 Å². The highest BCUT2D eigenvalue weighted by Crippen LogP contribution is 2.41. The van der Waals surface area contributed by atoms with E-state index in [4.69, 9.17) is 0 Å². The molecular weight excluding hydrogens is 191 g/mol. The van der Waals surface area contributed by atoms with Crippen LogP contribution in [0.1, 0.15) is 31.2 Å². The Morgan fingerprint density at radius 3 is 2.93 bits per heavy atom. The molecular formula is C12H17FN2. The molecule has 15 heavy (non-hydrogen) atoms. The molecule has 1 aromatic rings. The Labute approximate surface area is 89.9 Å². The van der Waals surface area contributed by atoms with E-state index in [-0.39, 0.29) is 5.82 Å². The summed E-state index contributed by atoms with van der Waals surface area (Å²) in [7, 11) is 0. The summed E-state index contributed by atoms with van der Waals surface area (Å²) in [4.78, 5) is 3.91. The molecule has 1 saturated carbocycles. The van der Waals surface area contributed by atoms with Gasteiger partial charge < -0.3 is 5.32 Å². The summed E-state index contributed by atoms with van der Waals surface area (Å²) in [5, 5.41) is 3.35. The smallest absolute Gasteiger partial charge is 0.141 e. The molecule has 82 valence electrons. The van der Waals surface area contributed by atoms with Gasteiger partial charge in [0.15, 0.2) is 0 Å². The molecule has 3 heteroatoms. The van der Waals surface area contributed by atoms with Crippen LogP contribution in [0.4, 0.5) is 4.39 Å². The van der Waals surface area contributed by atoms with Crippen molar-refractivity contribution in [2.45, 2.75) is 25.7 Å². The molecule has 0 aliphatic heterocycles. The van der Waals surface area contributed by atoms with Crippen molar-refractivity contribution in [1.82, 2.24) is 10.3 Å². The van der Waals surface area contributed by atoms with Crippen molar-refractivity contribution in [3.05, 3.63) is 29.8 Å². The monoisotopic (exact) mass is 208 g/mol. The van der Waals surface area contributed by atoms with E-state index >= 15 is 0 Å². The summed E-state index contributed by atoms with van der Waals surface area (Å²) >= 11 is 0. The first kappa shape index (κ1) is 10.6. The second-order valence-corrected chi connectivity index (χ2v) is 4.19. The lowest BCUT2D eigenvalue weighted by atomic mass is 9.70. The summed E-state index contributed by atoms with van der Waals surface area (Å²) in [6.07, 6.45) is 5.47. The summed E-state index contributed by atoms with van der Waals surface area (Å²) in [5.74, 6) is 0.947. The first-order chi connectivity index (χ1) is 7.31. The van der Waals surface area contributed by atoms with E-state index in [1.165, 1.54) is 19.0 Å². The third-order valence-electron chi connectivity index (χ3n) is 3.23. The maximum absolute atomic E-state index is 13.0. The molecule has 1 heterocycles. The molecule has 0 bridgehead atoms. The van der Waals surface area contributed by atoms with Gasteiger partial charge >= 0.3 is 0 Å². The topological polar surface area (TPSA) is 24.9 Å². The molecule has 0 spiro atoms. The summed E-state index contributed by atoms with van der Waals surface area (Å²) in [6, 6.07) is 1.62. The van der Waals surface area contributed by atoms with Crippen LogP contribution in [0, 0.1) is 11.7 Å². The van der Waals surface area contributed by atoms with Crippen LogP contribution in [0.5, 0.6) is 0 Å². The van der Waals surface area contributed by atoms with E-state index in [0.29, 0.717) is 11.8 Å². The van der Waals surface area contributed by atoms with Crippen molar-refractivity contribution in [2.24, 2.45) is 5.92 Å². The largest absolute Gasteiger partial charge is 0.317 e. The Morgan fingerprint density at radius 2 is 2.33 bits per heavy atom. The van der Waals surface area contributed by atoms with Gasteiger partial charge in [0.2, 0.25) is 0 Å². The van der Waals surface area contributed by atoms with Gasteiger partial charge in [-0.25, -0.2) is 4.39 Å². The molecule has 0 aromatic carbocycles. The number of rotatable bonds is 4. The fourth-order valence-electron chi connectivity index (χ4n) is 2.21. The van der Waals surface area contributed by atoms with Gasteiger partial charge in [-0.1, -0.05) is 6.92 Å². The Morgan fingerprint density at radius 1 is 1.47 bits per heavy atom. The normalized spacial score (nSPS) is 24.9. The molecule has 2 nitrogen and oxygen atoms in total. The molecule has 0 saturated heterocycles. The molecule has 1 aliphatic rings. The predicted octanol–water partition coefficient (Wildman–Crippen LogP) is 2.32. The van der Waals surface area contributed by atoms with Crippen molar-refractivity contribution in [2.75, 3.05) is 13.1 Å². The van der Waals surface area contributed by atoms with E-state index in [2.05, 4.69) is 17.2 Å². The lowest BCUT2D eigenvalue weighted by molar-refractivity contribution is 0.246. The van der Waals surface area contributed by atoms with E-state index in [1.807, 2.05) is 0 Å². The number of hydrogen-bond donors (Lipinski definition) is 1. The van der Waals surface area contributed by atoms with Gasteiger partial charge in [-0.2, -0.15) is 0 Å². The fourth-order valence-corrected chi connectivity index (χ4v) is 2.21. The van der Waals surface area contributed by atoms with Crippen LogP contribution in [0.3, 0.4) is 0 Å². The van der Waals surface area contributed by atoms with E-state index in [9.17, 15) is 4.39 Å². The molecule has 1 N–H and O–H groups in total. The Hall–Kier alpha value is -0.960. The van der Waals surface area contributed by atoms with Crippen LogP contribution in [0.2, 0.25) is 0 Å². The number of nitrogens with one attached hydrogen (secondary N) is 1. The molecule has 1 fully saturated rings.